The average molecular weight is 305 g/mol. The second-order valence-corrected chi connectivity index (χ2v) is 7.48. The Morgan fingerprint density at radius 1 is 1.25 bits per heavy atom. The number of ether oxygens (including phenoxy) is 1. The van der Waals surface area contributed by atoms with Crippen molar-refractivity contribution in [1.82, 2.24) is 9.21 Å². The van der Waals surface area contributed by atoms with Crippen molar-refractivity contribution in [3.63, 3.8) is 0 Å². The first-order valence-corrected chi connectivity index (χ1v) is 8.57. The van der Waals surface area contributed by atoms with Crippen LogP contribution in [0.2, 0.25) is 0 Å². The molecule has 2 aliphatic rings. The number of rotatable bonds is 4. The summed E-state index contributed by atoms with van der Waals surface area (Å²) in [6, 6.07) is 0.515. The zero-order valence-corrected chi connectivity index (χ0v) is 12.6. The van der Waals surface area contributed by atoms with Crippen molar-refractivity contribution in [2.24, 2.45) is 5.73 Å². The maximum atomic E-state index is 12.1. The van der Waals surface area contributed by atoms with Gasteiger partial charge in [-0.15, -0.1) is 0 Å². The Balaban J connectivity index is 1.90. The molecular formula is C12H23N3O4S. The number of hydrogen-bond donors (Lipinski definition) is 1. The summed E-state index contributed by atoms with van der Waals surface area (Å²) in [5.74, 6) is -1.28. The summed E-state index contributed by atoms with van der Waals surface area (Å²) in [5, 5.41) is 0. The third-order valence-electron chi connectivity index (χ3n) is 4.14. The van der Waals surface area contributed by atoms with Crippen molar-refractivity contribution >= 4 is 16.0 Å². The van der Waals surface area contributed by atoms with E-state index >= 15 is 0 Å². The molecule has 2 rings (SSSR count). The van der Waals surface area contributed by atoms with E-state index in [9.17, 15) is 13.2 Å². The summed E-state index contributed by atoms with van der Waals surface area (Å²) in [5.41, 5.74) is 5.88. The molecule has 2 fully saturated rings. The SMILES string of the molecule is COC(=O)CS(=O)(=O)N1CCC(N2CCC(N)CC2)C1. The first kappa shape index (κ1) is 15.7. The van der Waals surface area contributed by atoms with Gasteiger partial charge in [0, 0.05) is 25.2 Å². The molecule has 2 N–H and O–H groups in total. The van der Waals surface area contributed by atoms with Crippen LogP contribution in [0.3, 0.4) is 0 Å². The Morgan fingerprint density at radius 3 is 2.50 bits per heavy atom. The lowest BCUT2D eigenvalue weighted by Crippen LogP contribution is -2.46. The molecular weight excluding hydrogens is 282 g/mol. The fourth-order valence-corrected chi connectivity index (χ4v) is 4.23. The van der Waals surface area contributed by atoms with Crippen LogP contribution in [-0.2, 0) is 19.6 Å². The normalized spacial score (nSPS) is 26.8. The molecule has 1 atom stereocenters. The van der Waals surface area contributed by atoms with Crippen molar-refractivity contribution in [3.05, 3.63) is 0 Å². The number of carbonyl (C=O) groups is 1. The van der Waals surface area contributed by atoms with Gasteiger partial charge in [0.2, 0.25) is 10.0 Å². The highest BCUT2D eigenvalue weighted by Crippen LogP contribution is 2.22. The second kappa shape index (κ2) is 6.38. The van der Waals surface area contributed by atoms with Crippen LogP contribution in [0, 0.1) is 0 Å². The van der Waals surface area contributed by atoms with Crippen LogP contribution in [0.4, 0.5) is 0 Å². The van der Waals surface area contributed by atoms with Gasteiger partial charge in [0.15, 0.2) is 5.75 Å². The molecule has 7 nitrogen and oxygen atoms in total. The maximum absolute atomic E-state index is 12.1. The van der Waals surface area contributed by atoms with Gasteiger partial charge < -0.3 is 10.5 Å². The van der Waals surface area contributed by atoms with Gasteiger partial charge in [-0.05, 0) is 32.4 Å². The minimum absolute atomic E-state index is 0.245. The van der Waals surface area contributed by atoms with E-state index in [-0.39, 0.29) is 12.1 Å². The number of sulfonamides is 1. The van der Waals surface area contributed by atoms with Crippen molar-refractivity contribution in [3.8, 4) is 0 Å². The van der Waals surface area contributed by atoms with Crippen LogP contribution in [0.25, 0.3) is 0 Å². The fourth-order valence-electron chi connectivity index (χ4n) is 2.85. The van der Waals surface area contributed by atoms with E-state index in [1.54, 1.807) is 0 Å². The number of piperidine rings is 1. The second-order valence-electron chi connectivity index (χ2n) is 5.51. The van der Waals surface area contributed by atoms with Gasteiger partial charge in [-0.2, -0.15) is 4.31 Å². The van der Waals surface area contributed by atoms with E-state index in [2.05, 4.69) is 9.64 Å². The molecule has 2 saturated heterocycles. The molecule has 0 amide bonds. The van der Waals surface area contributed by atoms with E-state index < -0.39 is 21.7 Å². The first-order valence-electron chi connectivity index (χ1n) is 6.96. The summed E-state index contributed by atoms with van der Waals surface area (Å²) < 4.78 is 30.0. The Labute approximate surface area is 120 Å². The van der Waals surface area contributed by atoms with E-state index in [4.69, 9.17) is 5.73 Å². The molecule has 0 radical (unpaired) electrons. The first-order chi connectivity index (χ1) is 9.42. The van der Waals surface area contributed by atoms with E-state index in [1.165, 1.54) is 11.4 Å². The molecule has 2 heterocycles. The Hall–Kier alpha value is -0.700. The highest BCUT2D eigenvalue weighted by Gasteiger charge is 2.36. The highest BCUT2D eigenvalue weighted by atomic mass is 32.2. The molecule has 0 spiro atoms. The zero-order chi connectivity index (χ0) is 14.8. The minimum Gasteiger partial charge on any atom is -0.468 e. The molecule has 1 unspecified atom stereocenters. The number of nitrogens with two attached hydrogens (primary N) is 1. The summed E-state index contributed by atoms with van der Waals surface area (Å²) in [6.07, 6.45) is 2.74. The average Bonchev–Trinajstić information content (AvgIpc) is 2.89. The van der Waals surface area contributed by atoms with Crippen LogP contribution in [0.1, 0.15) is 19.3 Å². The molecule has 0 aromatic heterocycles. The third-order valence-corrected chi connectivity index (χ3v) is 5.86. The summed E-state index contributed by atoms with van der Waals surface area (Å²) in [7, 11) is -2.35. The van der Waals surface area contributed by atoms with Gasteiger partial charge in [0.25, 0.3) is 0 Å². The molecule has 0 bridgehead atoms. The molecule has 0 aliphatic carbocycles. The molecule has 0 aromatic rings. The van der Waals surface area contributed by atoms with Gasteiger partial charge >= 0.3 is 5.97 Å². The van der Waals surface area contributed by atoms with Gasteiger partial charge in [0.05, 0.1) is 7.11 Å². The predicted molar refractivity (Wildman–Crippen MR) is 74.6 cm³/mol. The number of likely N-dealkylation sites (tertiary alicyclic amines) is 1. The zero-order valence-electron chi connectivity index (χ0n) is 11.8. The van der Waals surface area contributed by atoms with Crippen LogP contribution >= 0.6 is 0 Å². The monoisotopic (exact) mass is 305 g/mol. The van der Waals surface area contributed by atoms with Crippen molar-refractivity contribution < 1.29 is 17.9 Å². The van der Waals surface area contributed by atoms with Crippen LogP contribution in [0.15, 0.2) is 0 Å². The largest absolute Gasteiger partial charge is 0.468 e. The smallest absolute Gasteiger partial charge is 0.322 e. The lowest BCUT2D eigenvalue weighted by atomic mass is 10.0. The van der Waals surface area contributed by atoms with Crippen LogP contribution < -0.4 is 5.73 Å². The highest BCUT2D eigenvalue weighted by molar-refractivity contribution is 7.89. The number of methoxy groups -OCH3 is 1. The lowest BCUT2D eigenvalue weighted by Gasteiger charge is -2.34. The quantitative estimate of drug-likeness (QED) is 0.669. The fraction of sp³-hybridized carbons (Fsp3) is 0.917. The predicted octanol–water partition coefficient (Wildman–Crippen LogP) is -1.01. The number of carbonyl (C=O) groups excluding carboxylic acids is 1. The molecule has 20 heavy (non-hydrogen) atoms. The van der Waals surface area contributed by atoms with Gasteiger partial charge in [-0.25, -0.2) is 8.42 Å². The maximum Gasteiger partial charge on any atom is 0.322 e. The van der Waals surface area contributed by atoms with Crippen LogP contribution in [-0.4, -0.2) is 74.7 Å². The summed E-state index contributed by atoms with van der Waals surface area (Å²) in [4.78, 5) is 13.5. The summed E-state index contributed by atoms with van der Waals surface area (Å²) >= 11 is 0. The molecule has 0 aromatic carbocycles. The van der Waals surface area contributed by atoms with Crippen LogP contribution in [0.5, 0.6) is 0 Å². The molecule has 8 heteroatoms. The van der Waals surface area contributed by atoms with Crippen molar-refractivity contribution in [1.29, 1.82) is 0 Å². The Bertz CT molecular complexity index is 446. The third kappa shape index (κ3) is 3.69. The minimum atomic E-state index is -3.55. The standard InChI is InChI=1S/C12H23N3O4S/c1-19-12(16)9-20(17,18)15-7-4-11(8-15)14-5-2-10(13)3-6-14/h10-11H,2-9,13H2,1H3. The van der Waals surface area contributed by atoms with Gasteiger partial charge in [-0.3, -0.25) is 9.69 Å². The lowest BCUT2D eigenvalue weighted by molar-refractivity contribution is -0.137. The number of nitrogens with zero attached hydrogens (tertiary/aromatic N) is 2. The number of hydrogen-bond acceptors (Lipinski definition) is 6. The Morgan fingerprint density at radius 2 is 1.90 bits per heavy atom. The Kier molecular flexibility index (Phi) is 5.00. The van der Waals surface area contributed by atoms with E-state index in [0.29, 0.717) is 13.1 Å². The van der Waals surface area contributed by atoms with E-state index in [1.807, 2.05) is 0 Å². The topological polar surface area (TPSA) is 92.9 Å². The van der Waals surface area contributed by atoms with Crippen molar-refractivity contribution in [2.45, 2.75) is 31.3 Å². The van der Waals surface area contributed by atoms with Gasteiger partial charge in [0.1, 0.15) is 0 Å². The molecule has 116 valence electrons. The van der Waals surface area contributed by atoms with E-state index in [0.717, 1.165) is 32.4 Å². The summed E-state index contributed by atoms with van der Waals surface area (Å²) in [6.45, 7) is 2.80. The molecule has 2 aliphatic heterocycles. The number of esters is 1. The van der Waals surface area contributed by atoms with Gasteiger partial charge in [-0.1, -0.05) is 0 Å². The molecule has 0 saturated carbocycles. The van der Waals surface area contributed by atoms with Crippen molar-refractivity contribution in [2.75, 3.05) is 39.0 Å².